The number of phenols is 2. The van der Waals surface area contributed by atoms with E-state index in [1.54, 1.807) is 6.92 Å². The number of rotatable bonds is 3. The Hall–Kier alpha value is -1.42. The average Bonchev–Trinajstić information content (AvgIpc) is 2.12. The SMILES string of the molecule is COc1ccc(O)c(C[C@@H](C)O)c1O. The van der Waals surface area contributed by atoms with Crippen LogP contribution in [0.2, 0.25) is 0 Å². The number of ether oxygens (including phenoxy) is 1. The molecule has 3 N–H and O–H groups in total. The van der Waals surface area contributed by atoms with Crippen LogP contribution in [0.1, 0.15) is 12.5 Å². The molecule has 0 spiro atoms. The van der Waals surface area contributed by atoms with Gasteiger partial charge in [-0.2, -0.15) is 0 Å². The first-order valence-corrected chi connectivity index (χ1v) is 4.32. The summed E-state index contributed by atoms with van der Waals surface area (Å²) in [6.45, 7) is 1.58. The van der Waals surface area contributed by atoms with E-state index in [1.807, 2.05) is 0 Å². The van der Waals surface area contributed by atoms with Gasteiger partial charge in [0.05, 0.1) is 13.2 Å². The molecule has 0 saturated heterocycles. The van der Waals surface area contributed by atoms with Crippen LogP contribution in [0.3, 0.4) is 0 Å². The second kappa shape index (κ2) is 4.19. The lowest BCUT2D eigenvalue weighted by molar-refractivity contribution is 0.192. The monoisotopic (exact) mass is 198 g/mol. The molecule has 0 aromatic heterocycles. The summed E-state index contributed by atoms with van der Waals surface area (Å²) < 4.78 is 4.88. The third-order valence-corrected chi connectivity index (χ3v) is 1.94. The molecule has 1 aromatic rings. The van der Waals surface area contributed by atoms with E-state index in [1.165, 1.54) is 19.2 Å². The smallest absolute Gasteiger partial charge is 0.164 e. The van der Waals surface area contributed by atoms with Gasteiger partial charge >= 0.3 is 0 Å². The largest absolute Gasteiger partial charge is 0.508 e. The van der Waals surface area contributed by atoms with Gasteiger partial charge in [0.2, 0.25) is 0 Å². The fourth-order valence-corrected chi connectivity index (χ4v) is 1.27. The Morgan fingerprint density at radius 3 is 2.50 bits per heavy atom. The van der Waals surface area contributed by atoms with Gasteiger partial charge in [-0.1, -0.05) is 0 Å². The molecular weight excluding hydrogens is 184 g/mol. The molecule has 78 valence electrons. The van der Waals surface area contributed by atoms with Gasteiger partial charge in [-0.05, 0) is 19.1 Å². The third-order valence-electron chi connectivity index (χ3n) is 1.94. The lowest BCUT2D eigenvalue weighted by Crippen LogP contribution is -2.05. The summed E-state index contributed by atoms with van der Waals surface area (Å²) in [6.07, 6.45) is -0.437. The molecule has 4 nitrogen and oxygen atoms in total. The molecule has 1 aromatic carbocycles. The van der Waals surface area contributed by atoms with Crippen LogP contribution < -0.4 is 4.74 Å². The van der Waals surface area contributed by atoms with Crippen molar-refractivity contribution < 1.29 is 20.1 Å². The van der Waals surface area contributed by atoms with E-state index in [2.05, 4.69) is 0 Å². The highest BCUT2D eigenvalue weighted by Crippen LogP contribution is 2.36. The van der Waals surface area contributed by atoms with Crippen molar-refractivity contribution in [2.75, 3.05) is 7.11 Å². The first-order chi connectivity index (χ1) is 6.56. The summed E-state index contributed by atoms with van der Waals surface area (Å²) in [7, 11) is 1.43. The van der Waals surface area contributed by atoms with Crippen LogP contribution in [-0.4, -0.2) is 28.5 Å². The number of benzene rings is 1. The fourth-order valence-electron chi connectivity index (χ4n) is 1.27. The Labute approximate surface area is 82.4 Å². The number of hydrogen-bond acceptors (Lipinski definition) is 4. The summed E-state index contributed by atoms with van der Waals surface area (Å²) in [4.78, 5) is 0. The van der Waals surface area contributed by atoms with Gasteiger partial charge in [0.1, 0.15) is 5.75 Å². The maximum Gasteiger partial charge on any atom is 0.164 e. The summed E-state index contributed by atoms with van der Waals surface area (Å²) in [5, 5.41) is 28.2. The van der Waals surface area contributed by atoms with Crippen molar-refractivity contribution in [2.24, 2.45) is 0 Å². The fraction of sp³-hybridized carbons (Fsp3) is 0.400. The lowest BCUT2D eigenvalue weighted by Gasteiger charge is -2.11. The molecular formula is C10H14O4. The zero-order valence-corrected chi connectivity index (χ0v) is 8.19. The molecule has 0 radical (unpaired) electrons. The topological polar surface area (TPSA) is 69.9 Å². The Morgan fingerprint density at radius 1 is 1.36 bits per heavy atom. The Morgan fingerprint density at radius 2 is 2.00 bits per heavy atom. The highest BCUT2D eigenvalue weighted by atomic mass is 16.5. The van der Waals surface area contributed by atoms with Crippen LogP contribution in [0.5, 0.6) is 17.2 Å². The van der Waals surface area contributed by atoms with Crippen molar-refractivity contribution in [3.63, 3.8) is 0 Å². The minimum Gasteiger partial charge on any atom is -0.508 e. The molecule has 14 heavy (non-hydrogen) atoms. The van der Waals surface area contributed by atoms with Crippen molar-refractivity contribution >= 4 is 0 Å². The van der Waals surface area contributed by atoms with E-state index in [4.69, 9.17) is 9.84 Å². The molecule has 0 unspecified atom stereocenters. The second-order valence-electron chi connectivity index (χ2n) is 3.17. The lowest BCUT2D eigenvalue weighted by atomic mass is 10.1. The zero-order valence-electron chi connectivity index (χ0n) is 8.19. The summed E-state index contributed by atoms with van der Waals surface area (Å²) >= 11 is 0. The first-order valence-electron chi connectivity index (χ1n) is 4.32. The summed E-state index contributed by atoms with van der Waals surface area (Å²) in [5.41, 5.74) is 0.305. The second-order valence-corrected chi connectivity index (χ2v) is 3.17. The van der Waals surface area contributed by atoms with Crippen LogP contribution >= 0.6 is 0 Å². The number of phenolic OH excluding ortho intramolecular Hbond substituents is 2. The third kappa shape index (κ3) is 2.09. The molecule has 1 rings (SSSR count). The van der Waals surface area contributed by atoms with Crippen molar-refractivity contribution in [3.8, 4) is 17.2 Å². The van der Waals surface area contributed by atoms with Crippen molar-refractivity contribution in [1.82, 2.24) is 0 Å². The number of methoxy groups -OCH3 is 1. The summed E-state index contributed by atoms with van der Waals surface area (Å²) in [5.74, 6) is 0.135. The zero-order chi connectivity index (χ0) is 10.7. The van der Waals surface area contributed by atoms with E-state index < -0.39 is 6.10 Å². The average molecular weight is 198 g/mol. The molecule has 0 bridgehead atoms. The molecule has 0 saturated carbocycles. The van der Waals surface area contributed by atoms with E-state index in [9.17, 15) is 10.2 Å². The van der Waals surface area contributed by atoms with Crippen molar-refractivity contribution in [3.05, 3.63) is 17.7 Å². The predicted octanol–water partition coefficient (Wildman–Crippen LogP) is 1.03. The van der Waals surface area contributed by atoms with Gasteiger partial charge in [0.25, 0.3) is 0 Å². The van der Waals surface area contributed by atoms with Crippen LogP contribution in [0, 0.1) is 0 Å². The Bertz CT molecular complexity index is 320. The van der Waals surface area contributed by atoms with Gasteiger partial charge in [0.15, 0.2) is 11.5 Å². The molecule has 0 heterocycles. The standard InChI is InChI=1S/C10H14O4/c1-6(11)5-7-8(12)3-4-9(14-2)10(7)13/h3-4,6,11-13H,5H2,1-2H3/t6-/m1/s1. The maximum atomic E-state index is 9.62. The quantitative estimate of drug-likeness (QED) is 0.678. The number of aromatic hydroxyl groups is 2. The molecule has 0 aliphatic rings. The van der Waals surface area contributed by atoms with Gasteiger partial charge in [-0.25, -0.2) is 0 Å². The van der Waals surface area contributed by atoms with Crippen molar-refractivity contribution in [2.45, 2.75) is 19.4 Å². The van der Waals surface area contributed by atoms with E-state index >= 15 is 0 Å². The molecule has 0 aliphatic heterocycles. The molecule has 0 amide bonds. The Kier molecular flexibility index (Phi) is 3.19. The van der Waals surface area contributed by atoms with E-state index in [0.717, 1.165) is 0 Å². The van der Waals surface area contributed by atoms with Crippen LogP contribution in [0.4, 0.5) is 0 Å². The number of hydrogen-bond donors (Lipinski definition) is 3. The van der Waals surface area contributed by atoms with Gasteiger partial charge in [-0.3, -0.25) is 0 Å². The van der Waals surface area contributed by atoms with Crippen LogP contribution in [0.25, 0.3) is 0 Å². The highest BCUT2D eigenvalue weighted by molar-refractivity contribution is 5.52. The minimum absolute atomic E-state index is 0.0378. The number of aliphatic hydroxyl groups is 1. The Balaban J connectivity index is 3.11. The maximum absolute atomic E-state index is 9.62. The number of aliphatic hydroxyl groups excluding tert-OH is 1. The minimum atomic E-state index is -0.626. The molecule has 4 heteroatoms. The van der Waals surface area contributed by atoms with Crippen LogP contribution in [-0.2, 0) is 6.42 Å². The van der Waals surface area contributed by atoms with Crippen molar-refractivity contribution in [1.29, 1.82) is 0 Å². The first kappa shape index (κ1) is 10.7. The molecule has 0 aliphatic carbocycles. The van der Waals surface area contributed by atoms with Gasteiger partial charge in [0, 0.05) is 12.0 Å². The predicted molar refractivity (Wildman–Crippen MR) is 51.7 cm³/mol. The molecule has 1 atom stereocenters. The summed E-state index contributed by atoms with van der Waals surface area (Å²) in [6, 6.07) is 2.90. The van der Waals surface area contributed by atoms with Gasteiger partial charge in [-0.15, -0.1) is 0 Å². The van der Waals surface area contributed by atoms with E-state index in [-0.39, 0.29) is 17.9 Å². The van der Waals surface area contributed by atoms with Gasteiger partial charge < -0.3 is 20.1 Å². The highest BCUT2D eigenvalue weighted by Gasteiger charge is 2.14. The van der Waals surface area contributed by atoms with Crippen LogP contribution in [0.15, 0.2) is 12.1 Å². The normalized spacial score (nSPS) is 12.5. The molecule has 0 fully saturated rings. The van der Waals surface area contributed by atoms with E-state index in [0.29, 0.717) is 11.3 Å².